The smallest absolute Gasteiger partial charge is 0.336 e. The van der Waals surface area contributed by atoms with Crippen LogP contribution in [0, 0.1) is 17.6 Å². The Kier molecular flexibility index (Phi) is 7.12. The average molecular weight is 518 g/mol. The molecule has 192 valence electrons. The molecular weight excluding hydrogens is 488 g/mol. The Hall–Kier alpha value is -3.34. The number of carbonyl (C=O) groups is 3. The molecule has 1 aliphatic carbocycles. The summed E-state index contributed by atoms with van der Waals surface area (Å²) in [4.78, 5) is 44.2. The monoisotopic (exact) mass is 517 g/mol. The number of nitrogens with one attached hydrogen (secondary N) is 1. The van der Waals surface area contributed by atoms with E-state index in [-0.39, 0.29) is 23.2 Å². The molecule has 1 saturated carbocycles. The molecule has 2 aliphatic rings. The van der Waals surface area contributed by atoms with Crippen LogP contribution >= 0.6 is 0 Å². The van der Waals surface area contributed by atoms with E-state index in [4.69, 9.17) is 9.47 Å². The van der Waals surface area contributed by atoms with Gasteiger partial charge in [0.25, 0.3) is 0 Å². The number of methoxy groups -OCH3 is 1. The number of esters is 2. The highest BCUT2D eigenvalue weighted by atomic mass is 28.3. The van der Waals surface area contributed by atoms with Crippen LogP contribution in [0.1, 0.15) is 31.4 Å². The van der Waals surface area contributed by atoms with E-state index < -0.39 is 43.7 Å². The second kappa shape index (κ2) is 9.96. The number of hydrogen-bond donors (Lipinski definition) is 1. The highest BCUT2D eigenvalue weighted by Gasteiger charge is 2.40. The number of aryl methyl sites for hydroxylation is 1. The number of aromatic nitrogens is 1. The molecule has 1 aliphatic heterocycles. The summed E-state index contributed by atoms with van der Waals surface area (Å²) in [5, 5.41) is 2.53. The molecule has 2 heterocycles. The van der Waals surface area contributed by atoms with Gasteiger partial charge in [-0.05, 0) is 43.9 Å². The second-order valence-electron chi connectivity index (χ2n) is 10.1. The molecule has 0 radical (unpaired) electrons. The Morgan fingerprint density at radius 1 is 1.06 bits per heavy atom. The zero-order valence-electron chi connectivity index (χ0n) is 20.7. The molecular formula is C25H29F2N3O5Si. The van der Waals surface area contributed by atoms with E-state index in [0.29, 0.717) is 36.5 Å². The van der Waals surface area contributed by atoms with Crippen molar-refractivity contribution in [3.8, 4) is 5.88 Å². The van der Waals surface area contributed by atoms with Crippen molar-refractivity contribution in [2.45, 2.75) is 57.8 Å². The van der Waals surface area contributed by atoms with Gasteiger partial charge in [-0.25, -0.2) is 23.4 Å². The summed E-state index contributed by atoms with van der Waals surface area (Å²) in [6, 6.07) is 3.32. The maximum absolute atomic E-state index is 14.8. The predicted molar refractivity (Wildman–Crippen MR) is 132 cm³/mol. The van der Waals surface area contributed by atoms with Gasteiger partial charge in [0.2, 0.25) is 5.88 Å². The van der Waals surface area contributed by atoms with Gasteiger partial charge < -0.3 is 14.8 Å². The zero-order chi connectivity index (χ0) is 26.2. The van der Waals surface area contributed by atoms with Crippen LogP contribution < -0.4 is 20.1 Å². The molecule has 36 heavy (non-hydrogen) atoms. The number of urea groups is 1. The number of halogens is 2. The van der Waals surface area contributed by atoms with Crippen molar-refractivity contribution in [2.24, 2.45) is 5.92 Å². The van der Waals surface area contributed by atoms with Crippen LogP contribution in [0.25, 0.3) is 0 Å². The molecule has 1 unspecified atom stereocenters. The van der Waals surface area contributed by atoms with Gasteiger partial charge in [-0.2, -0.15) is 0 Å². The lowest BCUT2D eigenvalue weighted by molar-refractivity contribution is -0.165. The Balaban J connectivity index is 1.64. The standard InChI is InChI=1S/C25H29F2N3O5Si/c1-34-21-11-10-19-18(29-21)8-9-20(24(32)35-23(31)14-6-5-7-14)30(19)25(33)28-15-12-16(26)22(17(27)13-15)36(2,3)4/h10-14,20H,5-9H2,1-4H3,(H,28,33). The molecule has 2 aromatic rings. The summed E-state index contributed by atoms with van der Waals surface area (Å²) in [5.74, 6) is -2.91. The minimum absolute atomic E-state index is 0.0380. The van der Waals surface area contributed by atoms with Crippen LogP contribution in [0.4, 0.5) is 25.0 Å². The van der Waals surface area contributed by atoms with Crippen molar-refractivity contribution in [1.82, 2.24) is 4.98 Å². The number of pyridine rings is 1. The molecule has 2 amide bonds. The highest BCUT2D eigenvalue weighted by molar-refractivity contribution is 6.88. The molecule has 0 bridgehead atoms. The second-order valence-corrected chi connectivity index (χ2v) is 15.1. The summed E-state index contributed by atoms with van der Waals surface area (Å²) in [6.07, 6.45) is 2.71. The Bertz CT molecular complexity index is 1190. The lowest BCUT2D eigenvalue weighted by atomic mass is 9.86. The lowest BCUT2D eigenvalue weighted by Gasteiger charge is -2.35. The SMILES string of the molecule is COc1ccc2c(n1)CCC(C(=O)OC(=O)C1CCC1)N2C(=O)Nc1cc(F)c([Si](C)(C)C)c(F)c1. The van der Waals surface area contributed by atoms with Crippen LogP contribution in [0.5, 0.6) is 5.88 Å². The van der Waals surface area contributed by atoms with Crippen LogP contribution in [-0.2, 0) is 20.7 Å². The maximum atomic E-state index is 14.8. The van der Waals surface area contributed by atoms with E-state index in [0.717, 1.165) is 23.5 Å². The third kappa shape index (κ3) is 5.11. The minimum Gasteiger partial charge on any atom is -0.481 e. The molecule has 1 atom stereocenters. The quantitative estimate of drug-likeness (QED) is 0.364. The van der Waals surface area contributed by atoms with Crippen molar-refractivity contribution >= 4 is 42.6 Å². The predicted octanol–water partition coefficient (Wildman–Crippen LogP) is 4.14. The Morgan fingerprint density at radius 3 is 2.28 bits per heavy atom. The third-order valence-corrected chi connectivity index (χ3v) is 8.51. The topological polar surface area (TPSA) is 97.8 Å². The first-order valence-corrected chi connectivity index (χ1v) is 15.4. The number of nitrogens with zero attached hydrogens (tertiary/aromatic N) is 2. The number of fused-ring (bicyclic) bond motifs is 1. The van der Waals surface area contributed by atoms with Crippen LogP contribution in [0.2, 0.25) is 19.6 Å². The Morgan fingerprint density at radius 2 is 1.72 bits per heavy atom. The average Bonchev–Trinajstić information content (AvgIpc) is 2.74. The molecule has 0 saturated heterocycles. The minimum atomic E-state index is -2.31. The molecule has 4 rings (SSSR count). The van der Waals surface area contributed by atoms with E-state index >= 15 is 0 Å². The highest BCUT2D eigenvalue weighted by Crippen LogP contribution is 2.33. The molecule has 8 nitrogen and oxygen atoms in total. The van der Waals surface area contributed by atoms with Crippen molar-refractivity contribution in [3.63, 3.8) is 0 Å². The van der Waals surface area contributed by atoms with E-state index in [1.165, 1.54) is 13.2 Å². The zero-order valence-corrected chi connectivity index (χ0v) is 21.7. The third-order valence-electron chi connectivity index (χ3n) is 6.53. The summed E-state index contributed by atoms with van der Waals surface area (Å²) in [6.45, 7) is 5.46. The van der Waals surface area contributed by atoms with Gasteiger partial charge in [0.05, 0.1) is 32.5 Å². The number of amides is 2. The number of ether oxygens (including phenoxy) is 2. The summed E-state index contributed by atoms with van der Waals surface area (Å²) in [7, 11) is -0.850. The molecule has 11 heteroatoms. The summed E-state index contributed by atoms with van der Waals surface area (Å²) >= 11 is 0. The van der Waals surface area contributed by atoms with Gasteiger partial charge in [0, 0.05) is 16.9 Å². The van der Waals surface area contributed by atoms with E-state index in [1.54, 1.807) is 6.07 Å². The largest absolute Gasteiger partial charge is 0.481 e. The summed E-state index contributed by atoms with van der Waals surface area (Å²) < 4.78 is 39.8. The first-order valence-electron chi connectivity index (χ1n) is 11.9. The van der Waals surface area contributed by atoms with Crippen molar-refractivity contribution in [3.05, 3.63) is 41.6 Å². The summed E-state index contributed by atoms with van der Waals surface area (Å²) in [5.41, 5.74) is 0.728. The van der Waals surface area contributed by atoms with E-state index in [9.17, 15) is 23.2 Å². The fourth-order valence-corrected chi connectivity index (χ4v) is 6.05. The number of carbonyl (C=O) groups excluding carboxylic acids is 3. The molecule has 1 fully saturated rings. The van der Waals surface area contributed by atoms with Gasteiger partial charge in [0.15, 0.2) is 0 Å². The Labute approximate surface area is 209 Å². The molecule has 1 aromatic heterocycles. The fourth-order valence-electron chi connectivity index (χ4n) is 4.48. The van der Waals surface area contributed by atoms with Crippen LogP contribution in [-0.4, -0.2) is 44.2 Å². The first-order chi connectivity index (χ1) is 17.0. The van der Waals surface area contributed by atoms with Gasteiger partial charge in [0.1, 0.15) is 17.7 Å². The van der Waals surface area contributed by atoms with Crippen molar-refractivity contribution in [1.29, 1.82) is 0 Å². The molecule has 0 spiro atoms. The number of hydrogen-bond acceptors (Lipinski definition) is 6. The lowest BCUT2D eigenvalue weighted by Crippen LogP contribution is -2.51. The fraction of sp³-hybridized carbons (Fsp3) is 0.440. The van der Waals surface area contributed by atoms with Crippen LogP contribution in [0.15, 0.2) is 24.3 Å². The van der Waals surface area contributed by atoms with E-state index in [2.05, 4.69) is 10.3 Å². The normalized spacial score (nSPS) is 17.6. The van der Waals surface area contributed by atoms with Gasteiger partial charge >= 0.3 is 18.0 Å². The van der Waals surface area contributed by atoms with Crippen LogP contribution in [0.3, 0.4) is 0 Å². The maximum Gasteiger partial charge on any atom is 0.336 e. The van der Waals surface area contributed by atoms with Gasteiger partial charge in [-0.3, -0.25) is 9.69 Å². The number of rotatable bonds is 5. The first kappa shape index (κ1) is 25.7. The number of anilines is 2. The number of benzene rings is 1. The van der Waals surface area contributed by atoms with Gasteiger partial charge in [-0.1, -0.05) is 26.1 Å². The molecule has 1 N–H and O–H groups in total. The van der Waals surface area contributed by atoms with Crippen molar-refractivity contribution in [2.75, 3.05) is 17.3 Å². The van der Waals surface area contributed by atoms with Crippen molar-refractivity contribution < 1.29 is 32.6 Å². The molecule has 1 aromatic carbocycles. The van der Waals surface area contributed by atoms with Gasteiger partial charge in [-0.15, -0.1) is 0 Å². The van der Waals surface area contributed by atoms with E-state index in [1.807, 2.05) is 19.6 Å².